The molecule has 3 rings (SSSR count). The number of rotatable bonds is 7. The first-order valence-corrected chi connectivity index (χ1v) is 11.0. The molecule has 1 aromatic rings. The fourth-order valence-corrected chi connectivity index (χ4v) is 4.67. The number of benzene rings is 1. The lowest BCUT2D eigenvalue weighted by molar-refractivity contribution is -0.138. The van der Waals surface area contributed by atoms with Crippen molar-refractivity contribution < 1.29 is 14.4 Å². The van der Waals surface area contributed by atoms with Gasteiger partial charge in [-0.3, -0.25) is 14.4 Å². The highest BCUT2D eigenvalue weighted by atomic mass is 35.5. The Morgan fingerprint density at radius 2 is 1.97 bits per heavy atom. The second kappa shape index (κ2) is 9.81. The van der Waals surface area contributed by atoms with E-state index >= 15 is 0 Å². The van der Waals surface area contributed by atoms with Gasteiger partial charge in [0.1, 0.15) is 0 Å². The van der Waals surface area contributed by atoms with Crippen LogP contribution in [0.3, 0.4) is 0 Å². The number of hydrogen-bond acceptors (Lipinski definition) is 3. The van der Waals surface area contributed by atoms with Gasteiger partial charge in [0.2, 0.25) is 17.7 Å². The molecule has 0 unspecified atom stereocenters. The van der Waals surface area contributed by atoms with E-state index in [0.717, 1.165) is 32.1 Å². The largest absolute Gasteiger partial charge is 0.339 e. The third kappa shape index (κ3) is 5.43. The minimum Gasteiger partial charge on any atom is -0.339 e. The third-order valence-electron chi connectivity index (χ3n) is 5.62. The standard InChI is InChI=1S/C21H27Cl2N3O3/c1-2-9-25(13-19(27)24-18-8-7-15(22)11-17(18)23)21(29)14-10-20(28)26(12-14)16-5-3-4-6-16/h7-8,11,14,16H,2-6,9-10,12-13H2,1H3,(H,24,27)/t14-/m0/s1. The van der Waals surface area contributed by atoms with Gasteiger partial charge in [0, 0.05) is 30.6 Å². The molecule has 2 fully saturated rings. The summed E-state index contributed by atoms with van der Waals surface area (Å²) in [6.07, 6.45) is 5.30. The van der Waals surface area contributed by atoms with Crippen LogP contribution in [0.2, 0.25) is 10.0 Å². The van der Waals surface area contributed by atoms with Crippen molar-refractivity contribution in [3.05, 3.63) is 28.2 Å². The van der Waals surface area contributed by atoms with E-state index in [1.807, 2.05) is 11.8 Å². The van der Waals surface area contributed by atoms with E-state index in [2.05, 4.69) is 5.32 Å². The van der Waals surface area contributed by atoms with Crippen LogP contribution in [0.1, 0.15) is 45.4 Å². The Morgan fingerprint density at radius 3 is 2.62 bits per heavy atom. The van der Waals surface area contributed by atoms with Crippen LogP contribution in [0.15, 0.2) is 18.2 Å². The monoisotopic (exact) mass is 439 g/mol. The number of nitrogens with one attached hydrogen (secondary N) is 1. The van der Waals surface area contributed by atoms with Gasteiger partial charge in [-0.15, -0.1) is 0 Å². The van der Waals surface area contributed by atoms with Crippen molar-refractivity contribution in [3.8, 4) is 0 Å². The minimum absolute atomic E-state index is 0.0593. The Balaban J connectivity index is 1.61. The summed E-state index contributed by atoms with van der Waals surface area (Å²) < 4.78 is 0. The Labute approximate surface area is 181 Å². The first-order valence-electron chi connectivity index (χ1n) is 10.2. The first-order chi connectivity index (χ1) is 13.9. The first kappa shape index (κ1) is 21.9. The molecule has 1 atom stereocenters. The van der Waals surface area contributed by atoms with Crippen molar-refractivity contribution >= 4 is 46.6 Å². The van der Waals surface area contributed by atoms with Gasteiger partial charge in [-0.2, -0.15) is 0 Å². The lowest BCUT2D eigenvalue weighted by Crippen LogP contribution is -2.43. The van der Waals surface area contributed by atoms with E-state index in [0.29, 0.717) is 28.8 Å². The molecule has 1 saturated heterocycles. The highest BCUT2D eigenvalue weighted by Crippen LogP contribution is 2.30. The maximum Gasteiger partial charge on any atom is 0.244 e. The molecule has 1 N–H and O–H groups in total. The Morgan fingerprint density at radius 1 is 1.24 bits per heavy atom. The number of amides is 3. The van der Waals surface area contributed by atoms with E-state index in [1.54, 1.807) is 23.1 Å². The van der Waals surface area contributed by atoms with Gasteiger partial charge in [-0.05, 0) is 37.5 Å². The molecular formula is C21H27Cl2N3O3. The number of halogens is 2. The predicted molar refractivity (Wildman–Crippen MR) is 114 cm³/mol. The highest BCUT2D eigenvalue weighted by Gasteiger charge is 2.40. The normalized spacial score (nSPS) is 19.6. The van der Waals surface area contributed by atoms with Crippen molar-refractivity contribution in [2.45, 2.75) is 51.5 Å². The molecule has 0 radical (unpaired) electrons. The smallest absolute Gasteiger partial charge is 0.244 e. The van der Waals surface area contributed by atoms with E-state index in [4.69, 9.17) is 23.2 Å². The fraction of sp³-hybridized carbons (Fsp3) is 0.571. The lowest BCUT2D eigenvalue weighted by Gasteiger charge is -2.26. The summed E-state index contributed by atoms with van der Waals surface area (Å²) in [5, 5.41) is 3.55. The van der Waals surface area contributed by atoms with Crippen LogP contribution in [-0.2, 0) is 14.4 Å². The van der Waals surface area contributed by atoms with E-state index in [-0.39, 0.29) is 42.6 Å². The molecule has 1 aromatic carbocycles. The minimum atomic E-state index is -0.374. The number of carbonyl (C=O) groups excluding carboxylic acids is 3. The fourth-order valence-electron chi connectivity index (χ4n) is 4.22. The lowest BCUT2D eigenvalue weighted by atomic mass is 10.1. The second-order valence-corrected chi connectivity index (χ2v) is 8.66. The third-order valence-corrected chi connectivity index (χ3v) is 6.17. The average molecular weight is 440 g/mol. The number of anilines is 1. The van der Waals surface area contributed by atoms with Gasteiger partial charge in [0.05, 0.1) is 23.2 Å². The predicted octanol–water partition coefficient (Wildman–Crippen LogP) is 3.96. The van der Waals surface area contributed by atoms with Gasteiger partial charge in [0.25, 0.3) is 0 Å². The van der Waals surface area contributed by atoms with Gasteiger partial charge < -0.3 is 15.1 Å². The average Bonchev–Trinajstić information content (AvgIpc) is 3.32. The zero-order chi connectivity index (χ0) is 21.0. The van der Waals surface area contributed by atoms with Crippen LogP contribution in [0, 0.1) is 5.92 Å². The summed E-state index contributed by atoms with van der Waals surface area (Å²) in [5.41, 5.74) is 0.452. The van der Waals surface area contributed by atoms with E-state index in [1.165, 1.54) is 0 Å². The van der Waals surface area contributed by atoms with E-state index in [9.17, 15) is 14.4 Å². The Hall–Kier alpha value is -1.79. The zero-order valence-corrected chi connectivity index (χ0v) is 18.1. The van der Waals surface area contributed by atoms with Crippen LogP contribution >= 0.6 is 23.2 Å². The maximum absolute atomic E-state index is 13.1. The summed E-state index contributed by atoms with van der Waals surface area (Å²) in [6.45, 7) is 2.82. The SMILES string of the molecule is CCCN(CC(=O)Nc1ccc(Cl)cc1Cl)C(=O)[C@H]1CC(=O)N(C2CCCC2)C1. The van der Waals surface area contributed by atoms with Crippen LogP contribution in [0.4, 0.5) is 5.69 Å². The van der Waals surface area contributed by atoms with Crippen molar-refractivity contribution in [1.29, 1.82) is 0 Å². The molecule has 3 amide bonds. The molecule has 0 bridgehead atoms. The molecule has 29 heavy (non-hydrogen) atoms. The molecule has 1 aliphatic carbocycles. The van der Waals surface area contributed by atoms with Crippen molar-refractivity contribution in [2.75, 3.05) is 25.0 Å². The number of carbonyl (C=O) groups is 3. The molecule has 1 saturated carbocycles. The molecule has 8 heteroatoms. The van der Waals surface area contributed by atoms with Gasteiger partial charge in [0.15, 0.2) is 0 Å². The quantitative estimate of drug-likeness (QED) is 0.698. The van der Waals surface area contributed by atoms with E-state index < -0.39 is 0 Å². The van der Waals surface area contributed by atoms with Gasteiger partial charge >= 0.3 is 0 Å². The summed E-state index contributed by atoms with van der Waals surface area (Å²) in [7, 11) is 0. The van der Waals surface area contributed by atoms with Crippen LogP contribution < -0.4 is 5.32 Å². The van der Waals surface area contributed by atoms with Crippen LogP contribution in [0.25, 0.3) is 0 Å². The van der Waals surface area contributed by atoms with Crippen LogP contribution in [0.5, 0.6) is 0 Å². The summed E-state index contributed by atoms with van der Waals surface area (Å²) in [6, 6.07) is 5.09. The summed E-state index contributed by atoms with van der Waals surface area (Å²) in [4.78, 5) is 41.5. The van der Waals surface area contributed by atoms with Crippen LogP contribution in [-0.4, -0.2) is 53.2 Å². The molecule has 2 aliphatic rings. The topological polar surface area (TPSA) is 69.7 Å². The Bertz CT molecular complexity index is 780. The van der Waals surface area contributed by atoms with Crippen molar-refractivity contribution in [1.82, 2.24) is 9.80 Å². The number of likely N-dealkylation sites (tertiary alicyclic amines) is 1. The molecule has 1 aliphatic heterocycles. The van der Waals surface area contributed by atoms with Gasteiger partial charge in [-0.25, -0.2) is 0 Å². The molecule has 0 spiro atoms. The van der Waals surface area contributed by atoms with Crippen molar-refractivity contribution in [2.24, 2.45) is 5.92 Å². The molecule has 1 heterocycles. The maximum atomic E-state index is 13.1. The molecule has 0 aromatic heterocycles. The zero-order valence-electron chi connectivity index (χ0n) is 16.6. The highest BCUT2D eigenvalue weighted by molar-refractivity contribution is 6.36. The number of hydrogen-bond donors (Lipinski definition) is 1. The molecular weight excluding hydrogens is 413 g/mol. The molecule has 6 nitrogen and oxygen atoms in total. The summed E-state index contributed by atoms with van der Waals surface area (Å²) >= 11 is 12.0. The second-order valence-electron chi connectivity index (χ2n) is 7.82. The number of nitrogens with zero attached hydrogens (tertiary/aromatic N) is 2. The van der Waals surface area contributed by atoms with Gasteiger partial charge in [-0.1, -0.05) is 43.0 Å². The molecule has 158 valence electrons. The van der Waals surface area contributed by atoms with Crippen molar-refractivity contribution in [3.63, 3.8) is 0 Å². The Kier molecular flexibility index (Phi) is 7.41. The summed E-state index contributed by atoms with van der Waals surface area (Å²) in [5.74, 6) is -0.767.